The molecule has 18 heavy (non-hydrogen) atoms. The van der Waals surface area contributed by atoms with Crippen LogP contribution in [0.2, 0.25) is 0 Å². The summed E-state index contributed by atoms with van der Waals surface area (Å²) in [4.78, 5) is 0. The van der Waals surface area contributed by atoms with E-state index < -0.39 is 0 Å². The van der Waals surface area contributed by atoms with Gasteiger partial charge in [-0.2, -0.15) is 0 Å². The normalized spacial score (nSPS) is 33.2. The van der Waals surface area contributed by atoms with E-state index in [1.165, 1.54) is 12.1 Å². The summed E-state index contributed by atoms with van der Waals surface area (Å²) in [7, 11) is 0. The van der Waals surface area contributed by atoms with Crippen LogP contribution in [0.5, 0.6) is 5.75 Å². The zero-order chi connectivity index (χ0) is 13.0. The maximum absolute atomic E-state index is 13.3. The summed E-state index contributed by atoms with van der Waals surface area (Å²) < 4.78 is 19.5. The Kier molecular flexibility index (Phi) is 2.46. The fourth-order valence-electron chi connectivity index (χ4n) is 3.57. The van der Waals surface area contributed by atoms with E-state index in [9.17, 15) is 4.39 Å². The van der Waals surface area contributed by atoms with Crippen LogP contribution in [0, 0.1) is 11.2 Å². The van der Waals surface area contributed by atoms with Crippen LogP contribution in [0.15, 0.2) is 18.2 Å². The maximum atomic E-state index is 13.3. The van der Waals surface area contributed by atoms with E-state index in [4.69, 9.17) is 10.5 Å². The highest BCUT2D eigenvalue weighted by molar-refractivity contribution is 5.39. The van der Waals surface area contributed by atoms with Crippen molar-refractivity contribution in [1.29, 1.82) is 0 Å². The summed E-state index contributed by atoms with van der Waals surface area (Å²) in [5.41, 5.74) is 7.29. The van der Waals surface area contributed by atoms with Gasteiger partial charge in [-0.1, -0.05) is 19.9 Å². The van der Waals surface area contributed by atoms with E-state index in [0.29, 0.717) is 11.2 Å². The number of ether oxygens (including phenoxy) is 1. The molecule has 0 saturated heterocycles. The molecule has 1 aromatic rings. The van der Waals surface area contributed by atoms with Gasteiger partial charge < -0.3 is 10.5 Å². The summed E-state index contributed by atoms with van der Waals surface area (Å²) in [6.45, 7) is 4.52. The first-order chi connectivity index (χ1) is 8.39. The number of hydrogen-bond acceptors (Lipinski definition) is 2. The molecule has 0 radical (unpaired) electrons. The van der Waals surface area contributed by atoms with Crippen molar-refractivity contribution >= 4 is 0 Å². The molecule has 2 atom stereocenters. The Hall–Kier alpha value is -1.09. The zero-order valence-corrected chi connectivity index (χ0v) is 11.0. The van der Waals surface area contributed by atoms with Gasteiger partial charge in [0.15, 0.2) is 0 Å². The third-order valence-electron chi connectivity index (χ3n) is 4.35. The van der Waals surface area contributed by atoms with E-state index in [1.807, 2.05) is 0 Å². The lowest BCUT2D eigenvalue weighted by molar-refractivity contribution is 0.0328. The zero-order valence-electron chi connectivity index (χ0n) is 11.0. The second-order valence-electron chi connectivity index (χ2n) is 6.62. The molecular weight excluding hydrogens is 229 g/mol. The highest BCUT2D eigenvalue weighted by atomic mass is 19.1. The fourth-order valence-corrected chi connectivity index (χ4v) is 3.57. The van der Waals surface area contributed by atoms with E-state index in [1.54, 1.807) is 6.07 Å². The van der Waals surface area contributed by atoms with Crippen LogP contribution in [-0.2, 0) is 0 Å². The van der Waals surface area contributed by atoms with Crippen LogP contribution in [0.1, 0.15) is 51.1 Å². The fraction of sp³-hybridized carbons (Fsp3) is 0.600. The lowest BCUT2D eigenvalue weighted by atomic mass is 9.83. The van der Waals surface area contributed by atoms with Gasteiger partial charge in [-0.05, 0) is 30.7 Å². The highest BCUT2D eigenvalue weighted by Gasteiger charge is 2.48. The summed E-state index contributed by atoms with van der Waals surface area (Å²) in [5.74, 6) is 0.390. The van der Waals surface area contributed by atoms with Crippen LogP contribution in [0.4, 0.5) is 4.39 Å². The van der Waals surface area contributed by atoms with Gasteiger partial charge in [0, 0.05) is 24.1 Å². The van der Waals surface area contributed by atoms with E-state index >= 15 is 0 Å². The molecule has 3 rings (SSSR count). The molecule has 1 aromatic carbocycles. The number of halogens is 1. The van der Waals surface area contributed by atoms with Crippen LogP contribution >= 0.6 is 0 Å². The minimum atomic E-state index is -0.254. The van der Waals surface area contributed by atoms with Crippen LogP contribution < -0.4 is 10.5 Å². The topological polar surface area (TPSA) is 35.2 Å². The van der Waals surface area contributed by atoms with Crippen molar-refractivity contribution in [2.45, 2.75) is 51.2 Å². The second kappa shape index (κ2) is 3.70. The van der Waals surface area contributed by atoms with Crippen LogP contribution in [0.3, 0.4) is 0 Å². The third kappa shape index (κ3) is 1.91. The molecule has 2 aliphatic rings. The van der Waals surface area contributed by atoms with Gasteiger partial charge in [-0.15, -0.1) is 0 Å². The molecule has 1 spiro atoms. The molecule has 1 saturated carbocycles. The number of fused-ring (bicyclic) bond motifs is 1. The minimum absolute atomic E-state index is 0.0387. The Labute approximate surface area is 107 Å². The SMILES string of the molecule is CC1(C)CCC2(C[C@@H](N)c3ccc(F)cc3O2)C1. The summed E-state index contributed by atoms with van der Waals surface area (Å²) in [5, 5.41) is 0. The molecule has 2 N–H and O–H groups in total. The minimum Gasteiger partial charge on any atom is -0.487 e. The van der Waals surface area contributed by atoms with Crippen molar-refractivity contribution in [2.75, 3.05) is 0 Å². The van der Waals surface area contributed by atoms with Crippen molar-refractivity contribution in [1.82, 2.24) is 0 Å². The first kappa shape index (κ1) is 12.0. The smallest absolute Gasteiger partial charge is 0.127 e. The van der Waals surface area contributed by atoms with Crippen molar-refractivity contribution in [3.63, 3.8) is 0 Å². The Morgan fingerprint density at radius 3 is 2.78 bits per heavy atom. The summed E-state index contributed by atoms with van der Waals surface area (Å²) >= 11 is 0. The van der Waals surface area contributed by atoms with Gasteiger partial charge in [0.2, 0.25) is 0 Å². The molecule has 1 aliphatic heterocycles. The van der Waals surface area contributed by atoms with Gasteiger partial charge in [-0.25, -0.2) is 4.39 Å². The monoisotopic (exact) mass is 249 g/mol. The predicted octanol–water partition coefficient (Wildman–Crippen LogP) is 3.56. The quantitative estimate of drug-likeness (QED) is 0.763. The summed E-state index contributed by atoms with van der Waals surface area (Å²) in [6.07, 6.45) is 4.01. The van der Waals surface area contributed by atoms with Gasteiger partial charge in [0.25, 0.3) is 0 Å². The van der Waals surface area contributed by atoms with Crippen LogP contribution in [0.25, 0.3) is 0 Å². The Balaban J connectivity index is 1.96. The van der Waals surface area contributed by atoms with E-state index in [-0.39, 0.29) is 17.5 Å². The molecule has 1 unspecified atom stereocenters. The third-order valence-corrected chi connectivity index (χ3v) is 4.35. The molecule has 98 valence electrons. The largest absolute Gasteiger partial charge is 0.487 e. The maximum Gasteiger partial charge on any atom is 0.127 e. The van der Waals surface area contributed by atoms with Crippen molar-refractivity contribution in [3.05, 3.63) is 29.6 Å². The molecule has 0 aromatic heterocycles. The first-order valence-electron chi connectivity index (χ1n) is 6.63. The van der Waals surface area contributed by atoms with Gasteiger partial charge in [0.1, 0.15) is 17.2 Å². The van der Waals surface area contributed by atoms with E-state index in [2.05, 4.69) is 13.8 Å². The first-order valence-corrected chi connectivity index (χ1v) is 6.63. The summed E-state index contributed by atoms with van der Waals surface area (Å²) in [6, 6.07) is 4.64. The van der Waals surface area contributed by atoms with Crippen molar-refractivity contribution in [3.8, 4) is 5.75 Å². The van der Waals surface area contributed by atoms with Crippen molar-refractivity contribution < 1.29 is 9.13 Å². The lowest BCUT2D eigenvalue weighted by Gasteiger charge is -2.39. The molecule has 2 nitrogen and oxygen atoms in total. The molecule has 1 aliphatic carbocycles. The average molecular weight is 249 g/mol. The molecule has 1 fully saturated rings. The highest BCUT2D eigenvalue weighted by Crippen LogP contribution is 2.52. The van der Waals surface area contributed by atoms with Crippen molar-refractivity contribution in [2.24, 2.45) is 11.1 Å². The number of rotatable bonds is 0. The van der Waals surface area contributed by atoms with Gasteiger partial charge in [0.05, 0.1) is 0 Å². The standard InChI is InChI=1S/C15H20FNO/c1-14(2)5-6-15(9-14)8-12(17)11-4-3-10(16)7-13(11)18-15/h3-4,7,12H,5-6,8-9,17H2,1-2H3/t12-,15?/m1/s1. The second-order valence-corrected chi connectivity index (χ2v) is 6.62. The number of benzene rings is 1. The number of hydrogen-bond donors (Lipinski definition) is 1. The molecular formula is C15H20FNO. The molecule has 0 amide bonds. The number of nitrogens with two attached hydrogens (primary N) is 1. The Morgan fingerprint density at radius 1 is 1.33 bits per heavy atom. The lowest BCUT2D eigenvalue weighted by Crippen LogP contribution is -2.41. The predicted molar refractivity (Wildman–Crippen MR) is 68.9 cm³/mol. The van der Waals surface area contributed by atoms with Crippen LogP contribution in [-0.4, -0.2) is 5.60 Å². The Morgan fingerprint density at radius 2 is 2.11 bits per heavy atom. The van der Waals surface area contributed by atoms with E-state index in [0.717, 1.165) is 31.2 Å². The average Bonchev–Trinajstić information content (AvgIpc) is 2.53. The van der Waals surface area contributed by atoms with Gasteiger partial charge in [-0.3, -0.25) is 0 Å². The molecule has 1 heterocycles. The Bertz CT molecular complexity index is 485. The molecule has 3 heteroatoms. The van der Waals surface area contributed by atoms with Gasteiger partial charge >= 0.3 is 0 Å². The molecule has 0 bridgehead atoms.